The summed E-state index contributed by atoms with van der Waals surface area (Å²) in [6.45, 7) is 7.18. The first-order valence-corrected chi connectivity index (χ1v) is 11.1. The van der Waals surface area contributed by atoms with Gasteiger partial charge in [0.25, 0.3) is 5.91 Å². The minimum absolute atomic E-state index is 0.201. The second kappa shape index (κ2) is 9.65. The molecule has 0 bridgehead atoms. The average Bonchev–Trinajstić information content (AvgIpc) is 3.29. The first-order valence-electron chi connectivity index (χ1n) is 11.1. The van der Waals surface area contributed by atoms with Crippen LogP contribution in [0.3, 0.4) is 0 Å². The molecule has 12 heteroatoms. The zero-order chi connectivity index (χ0) is 22.6. The van der Waals surface area contributed by atoms with Crippen LogP contribution < -0.4 is 16.0 Å². The molecule has 3 aromatic heterocycles. The molecule has 0 saturated carbocycles. The number of rotatable bonds is 6. The fourth-order valence-corrected chi connectivity index (χ4v) is 3.93. The molecule has 0 radical (unpaired) electrons. The number of hydrogen-bond acceptors (Lipinski definition) is 10. The summed E-state index contributed by atoms with van der Waals surface area (Å²) in [5, 5.41) is 2.97. The number of carbonyl (C=O) groups is 1. The maximum Gasteiger partial charge on any atom is 0.271 e. The summed E-state index contributed by atoms with van der Waals surface area (Å²) in [5.74, 6) is 0.684. The molecule has 174 valence electrons. The highest BCUT2D eigenvalue weighted by Crippen LogP contribution is 2.25. The maximum atomic E-state index is 12.8. The molecule has 0 spiro atoms. The van der Waals surface area contributed by atoms with E-state index in [-0.39, 0.29) is 11.9 Å². The topological polar surface area (TPSA) is 136 Å². The van der Waals surface area contributed by atoms with Crippen molar-refractivity contribution in [2.75, 3.05) is 76.3 Å². The first-order chi connectivity index (χ1) is 16.2. The zero-order valence-electron chi connectivity index (χ0n) is 18.3. The van der Waals surface area contributed by atoms with Gasteiger partial charge in [0.2, 0.25) is 5.95 Å². The molecule has 33 heavy (non-hydrogen) atoms. The summed E-state index contributed by atoms with van der Waals surface area (Å²) in [4.78, 5) is 34.8. The molecule has 5 heterocycles. The smallest absolute Gasteiger partial charge is 0.271 e. The van der Waals surface area contributed by atoms with Gasteiger partial charge in [-0.15, -0.1) is 0 Å². The Kier molecular flexibility index (Phi) is 6.28. The molecule has 0 aliphatic carbocycles. The predicted molar refractivity (Wildman–Crippen MR) is 121 cm³/mol. The molecule has 2 fully saturated rings. The van der Waals surface area contributed by atoms with E-state index in [2.05, 4.69) is 30.1 Å². The Morgan fingerprint density at radius 3 is 2.42 bits per heavy atom. The molecule has 0 unspecified atom stereocenters. The molecule has 0 aromatic carbocycles. The number of imidazole rings is 1. The Bertz CT molecular complexity index is 1110. The molecule has 2 saturated heterocycles. The third kappa shape index (κ3) is 4.87. The molecule has 2 aliphatic rings. The van der Waals surface area contributed by atoms with Gasteiger partial charge >= 0.3 is 0 Å². The van der Waals surface area contributed by atoms with Crippen LogP contribution in [0.2, 0.25) is 0 Å². The fraction of sp³-hybridized carbons (Fsp3) is 0.476. The van der Waals surface area contributed by atoms with E-state index >= 15 is 0 Å². The van der Waals surface area contributed by atoms with Crippen LogP contribution in [-0.4, -0.2) is 101 Å². The number of morpholine rings is 2. The summed E-state index contributed by atoms with van der Waals surface area (Å²) < 4.78 is 12.7. The van der Waals surface area contributed by atoms with Crippen molar-refractivity contribution in [2.45, 2.75) is 0 Å². The minimum atomic E-state index is -0.211. The predicted octanol–water partition coefficient (Wildman–Crippen LogP) is -0.333. The second-order valence-corrected chi connectivity index (χ2v) is 7.95. The number of nitrogens with one attached hydrogen (secondary N) is 1. The van der Waals surface area contributed by atoms with E-state index in [1.807, 2.05) is 10.6 Å². The SMILES string of the molecule is Nc1ncc(-c2cn3cc(C(=O)NCCN4CCOCC4)nc3c(N3CCOCC3)n2)cn1. The lowest BCUT2D eigenvalue weighted by Crippen LogP contribution is -2.41. The van der Waals surface area contributed by atoms with Crippen LogP contribution in [0, 0.1) is 0 Å². The van der Waals surface area contributed by atoms with Crippen LogP contribution >= 0.6 is 0 Å². The van der Waals surface area contributed by atoms with Gasteiger partial charge < -0.3 is 29.8 Å². The van der Waals surface area contributed by atoms with Crippen molar-refractivity contribution in [3.05, 3.63) is 30.5 Å². The highest BCUT2D eigenvalue weighted by atomic mass is 16.5. The van der Waals surface area contributed by atoms with E-state index in [9.17, 15) is 4.79 Å². The van der Waals surface area contributed by atoms with Crippen molar-refractivity contribution in [1.82, 2.24) is 34.6 Å². The van der Waals surface area contributed by atoms with Gasteiger partial charge in [0, 0.05) is 69.6 Å². The molecule has 5 rings (SSSR count). The van der Waals surface area contributed by atoms with E-state index in [4.69, 9.17) is 20.2 Å². The molecule has 3 N–H and O–H groups in total. The fourth-order valence-electron chi connectivity index (χ4n) is 3.93. The Morgan fingerprint density at radius 2 is 1.70 bits per heavy atom. The number of nitrogens with two attached hydrogens (primary N) is 1. The number of ether oxygens (including phenoxy) is 2. The van der Waals surface area contributed by atoms with Gasteiger partial charge in [0.1, 0.15) is 5.69 Å². The van der Waals surface area contributed by atoms with E-state index in [1.54, 1.807) is 18.6 Å². The van der Waals surface area contributed by atoms with Crippen molar-refractivity contribution in [2.24, 2.45) is 0 Å². The average molecular weight is 454 g/mol. The van der Waals surface area contributed by atoms with Gasteiger partial charge in [-0.2, -0.15) is 0 Å². The van der Waals surface area contributed by atoms with Crippen LogP contribution in [0.1, 0.15) is 10.5 Å². The Balaban J connectivity index is 1.41. The quantitative estimate of drug-likeness (QED) is 0.510. The lowest BCUT2D eigenvalue weighted by Gasteiger charge is -2.28. The summed E-state index contributed by atoms with van der Waals surface area (Å²) >= 11 is 0. The molecule has 1 amide bonds. The van der Waals surface area contributed by atoms with Gasteiger partial charge in [-0.1, -0.05) is 0 Å². The second-order valence-electron chi connectivity index (χ2n) is 7.95. The lowest BCUT2D eigenvalue weighted by atomic mass is 10.2. The highest BCUT2D eigenvalue weighted by Gasteiger charge is 2.21. The van der Waals surface area contributed by atoms with Crippen molar-refractivity contribution >= 4 is 23.3 Å². The molecule has 3 aromatic rings. The van der Waals surface area contributed by atoms with Gasteiger partial charge in [-0.3, -0.25) is 9.69 Å². The maximum absolute atomic E-state index is 12.8. The number of hydrogen-bond donors (Lipinski definition) is 2. The molecule has 12 nitrogen and oxygen atoms in total. The number of amides is 1. The van der Waals surface area contributed by atoms with Crippen LogP contribution in [0.25, 0.3) is 16.9 Å². The molecule has 2 aliphatic heterocycles. The summed E-state index contributed by atoms with van der Waals surface area (Å²) in [5.41, 5.74) is 7.99. The summed E-state index contributed by atoms with van der Waals surface area (Å²) in [7, 11) is 0. The number of fused-ring (bicyclic) bond motifs is 1. The van der Waals surface area contributed by atoms with Gasteiger partial charge in [-0.25, -0.2) is 19.9 Å². The van der Waals surface area contributed by atoms with E-state index in [1.165, 1.54) is 0 Å². The van der Waals surface area contributed by atoms with E-state index in [0.29, 0.717) is 55.7 Å². The van der Waals surface area contributed by atoms with Crippen LogP contribution in [0.5, 0.6) is 0 Å². The molecular weight excluding hydrogens is 426 g/mol. The van der Waals surface area contributed by atoms with Crippen molar-refractivity contribution in [3.63, 3.8) is 0 Å². The van der Waals surface area contributed by atoms with Gasteiger partial charge in [-0.05, 0) is 0 Å². The highest BCUT2D eigenvalue weighted by molar-refractivity contribution is 5.93. The van der Waals surface area contributed by atoms with Crippen LogP contribution in [0.15, 0.2) is 24.8 Å². The monoisotopic (exact) mass is 453 g/mol. The van der Waals surface area contributed by atoms with E-state index in [0.717, 1.165) is 38.4 Å². The summed E-state index contributed by atoms with van der Waals surface area (Å²) in [6.07, 6.45) is 6.82. The Morgan fingerprint density at radius 1 is 1.00 bits per heavy atom. The van der Waals surface area contributed by atoms with Crippen molar-refractivity contribution in [1.29, 1.82) is 0 Å². The first kappa shape index (κ1) is 21.5. The van der Waals surface area contributed by atoms with Crippen molar-refractivity contribution in [3.8, 4) is 11.3 Å². The Hall–Kier alpha value is -3.35. The van der Waals surface area contributed by atoms with Gasteiger partial charge in [0.05, 0.1) is 32.1 Å². The van der Waals surface area contributed by atoms with Crippen LogP contribution in [-0.2, 0) is 9.47 Å². The zero-order valence-corrected chi connectivity index (χ0v) is 18.3. The Labute approximate surface area is 190 Å². The number of carbonyl (C=O) groups excluding carboxylic acids is 1. The number of nitrogens with zero attached hydrogens (tertiary/aromatic N) is 7. The normalized spacial score (nSPS) is 17.4. The summed E-state index contributed by atoms with van der Waals surface area (Å²) in [6, 6.07) is 0. The largest absolute Gasteiger partial charge is 0.379 e. The number of anilines is 2. The lowest BCUT2D eigenvalue weighted by molar-refractivity contribution is 0.0383. The third-order valence-corrected chi connectivity index (χ3v) is 5.75. The third-order valence-electron chi connectivity index (χ3n) is 5.75. The van der Waals surface area contributed by atoms with E-state index < -0.39 is 0 Å². The standard InChI is InChI=1S/C21H27N9O3/c22-21-24-11-15(12-25-21)16-13-30-14-17(20(31)23-1-2-28-3-7-32-8-4-28)27-19(30)18(26-16)29-5-9-33-10-6-29/h11-14H,1-10H2,(H,23,31)(H2,22,24,25). The molecule has 0 atom stereocenters. The van der Waals surface area contributed by atoms with Crippen molar-refractivity contribution < 1.29 is 14.3 Å². The van der Waals surface area contributed by atoms with Gasteiger partial charge in [0.15, 0.2) is 11.5 Å². The molecular formula is C21H27N9O3. The number of aromatic nitrogens is 5. The van der Waals surface area contributed by atoms with Crippen LogP contribution in [0.4, 0.5) is 11.8 Å². The minimum Gasteiger partial charge on any atom is -0.379 e. The number of nitrogen functional groups attached to an aromatic ring is 1.